The Morgan fingerprint density at radius 3 is 2.78 bits per heavy atom. The average molecular weight is 268 g/mol. The smallest absolute Gasteiger partial charge is 0.240 e. The molecule has 0 saturated carbocycles. The van der Waals surface area contributed by atoms with Crippen molar-refractivity contribution in [1.82, 2.24) is 4.72 Å². The van der Waals surface area contributed by atoms with Gasteiger partial charge in [-0.05, 0) is 43.7 Å². The molecular weight excluding hydrogens is 252 g/mol. The fourth-order valence-electron chi connectivity index (χ4n) is 2.07. The van der Waals surface area contributed by atoms with Gasteiger partial charge < -0.3 is 5.32 Å². The number of rotatable bonds is 3. The highest BCUT2D eigenvalue weighted by atomic mass is 32.2. The summed E-state index contributed by atoms with van der Waals surface area (Å²) in [5.41, 5.74) is 1.58. The Bertz CT molecular complexity index is 581. The van der Waals surface area contributed by atoms with E-state index in [2.05, 4.69) is 10.0 Å². The lowest BCUT2D eigenvalue weighted by Crippen LogP contribution is -2.29. The number of nitrogens with one attached hydrogen (secondary N) is 2. The summed E-state index contributed by atoms with van der Waals surface area (Å²) in [5, 5.41) is 2.80. The highest BCUT2D eigenvalue weighted by Gasteiger charge is 2.25. The van der Waals surface area contributed by atoms with Gasteiger partial charge in [0.15, 0.2) is 0 Å². The number of carbonyl (C=O) groups is 1. The zero-order chi connectivity index (χ0) is 13.3. The lowest BCUT2D eigenvalue weighted by atomic mass is 9.91. The minimum Gasteiger partial charge on any atom is -0.326 e. The van der Waals surface area contributed by atoms with Crippen LogP contribution >= 0.6 is 0 Å². The molecule has 1 amide bonds. The number of fused-ring (bicyclic) bond motifs is 1. The third-order valence-corrected chi connectivity index (χ3v) is 4.66. The second-order valence-corrected chi connectivity index (χ2v) is 6.21. The molecule has 98 valence electrons. The Morgan fingerprint density at radius 1 is 1.44 bits per heavy atom. The molecule has 0 fully saturated rings. The Morgan fingerprint density at radius 2 is 2.17 bits per heavy atom. The van der Waals surface area contributed by atoms with Crippen LogP contribution in [0.5, 0.6) is 0 Å². The molecule has 5 nitrogen and oxygen atoms in total. The van der Waals surface area contributed by atoms with Gasteiger partial charge in [0.1, 0.15) is 0 Å². The van der Waals surface area contributed by atoms with Crippen molar-refractivity contribution in [3.63, 3.8) is 0 Å². The van der Waals surface area contributed by atoms with Crippen molar-refractivity contribution in [2.45, 2.75) is 24.7 Å². The number of sulfonamides is 1. The number of hydrogen-bond acceptors (Lipinski definition) is 3. The van der Waals surface area contributed by atoms with Gasteiger partial charge in [-0.1, -0.05) is 6.92 Å². The molecular formula is C12H16N2O3S. The molecule has 0 bridgehead atoms. The van der Waals surface area contributed by atoms with Crippen LogP contribution in [0, 0.1) is 5.92 Å². The Hall–Kier alpha value is -1.40. The van der Waals surface area contributed by atoms with Gasteiger partial charge >= 0.3 is 0 Å². The molecule has 0 radical (unpaired) electrons. The first-order valence-electron chi connectivity index (χ1n) is 5.85. The van der Waals surface area contributed by atoms with E-state index >= 15 is 0 Å². The Kier molecular flexibility index (Phi) is 3.41. The van der Waals surface area contributed by atoms with E-state index in [0.717, 1.165) is 12.0 Å². The first kappa shape index (κ1) is 13.0. The first-order chi connectivity index (χ1) is 8.47. The third kappa shape index (κ3) is 2.26. The maximum atomic E-state index is 11.7. The van der Waals surface area contributed by atoms with Crippen LogP contribution in [0.1, 0.15) is 18.9 Å². The quantitative estimate of drug-likeness (QED) is 0.862. The van der Waals surface area contributed by atoms with Gasteiger partial charge in [-0.25, -0.2) is 13.1 Å². The van der Waals surface area contributed by atoms with Gasteiger partial charge in [0.25, 0.3) is 0 Å². The molecule has 1 aliphatic rings. The van der Waals surface area contributed by atoms with E-state index in [1.807, 2.05) is 6.92 Å². The van der Waals surface area contributed by atoms with E-state index in [4.69, 9.17) is 0 Å². The zero-order valence-electron chi connectivity index (χ0n) is 10.4. The highest BCUT2D eigenvalue weighted by Crippen LogP contribution is 2.29. The van der Waals surface area contributed by atoms with E-state index in [1.165, 1.54) is 13.1 Å². The fourth-order valence-corrected chi connectivity index (χ4v) is 2.85. The van der Waals surface area contributed by atoms with Gasteiger partial charge in [0.2, 0.25) is 15.9 Å². The molecule has 2 rings (SSSR count). The maximum Gasteiger partial charge on any atom is 0.240 e. The molecule has 1 aromatic carbocycles. The Labute approximate surface area is 107 Å². The van der Waals surface area contributed by atoms with Crippen molar-refractivity contribution < 1.29 is 13.2 Å². The first-order valence-corrected chi connectivity index (χ1v) is 7.33. The summed E-state index contributed by atoms with van der Waals surface area (Å²) in [5.74, 6) is -0.0701. The summed E-state index contributed by atoms with van der Waals surface area (Å²) in [6.45, 7) is 1.95. The van der Waals surface area contributed by atoms with E-state index in [9.17, 15) is 13.2 Å². The lowest BCUT2D eigenvalue weighted by Gasteiger charge is -2.24. The van der Waals surface area contributed by atoms with Crippen molar-refractivity contribution in [2.24, 2.45) is 5.92 Å². The zero-order valence-corrected chi connectivity index (χ0v) is 11.2. The van der Waals surface area contributed by atoms with Gasteiger partial charge in [-0.3, -0.25) is 4.79 Å². The van der Waals surface area contributed by atoms with Crippen LogP contribution in [-0.2, 0) is 21.2 Å². The average Bonchev–Trinajstić information content (AvgIpc) is 2.37. The Balaban J connectivity index is 2.42. The summed E-state index contributed by atoms with van der Waals surface area (Å²) >= 11 is 0. The van der Waals surface area contributed by atoms with Crippen LogP contribution in [0.3, 0.4) is 0 Å². The van der Waals surface area contributed by atoms with Crippen LogP contribution in [0.15, 0.2) is 23.1 Å². The van der Waals surface area contributed by atoms with E-state index < -0.39 is 10.0 Å². The van der Waals surface area contributed by atoms with Crippen molar-refractivity contribution in [3.8, 4) is 0 Å². The van der Waals surface area contributed by atoms with Crippen LogP contribution in [0.4, 0.5) is 5.69 Å². The second kappa shape index (κ2) is 4.70. The maximum absolute atomic E-state index is 11.7. The third-order valence-electron chi connectivity index (χ3n) is 3.24. The van der Waals surface area contributed by atoms with Crippen LogP contribution < -0.4 is 10.0 Å². The van der Waals surface area contributed by atoms with Crippen LogP contribution in [0.25, 0.3) is 0 Å². The predicted molar refractivity (Wildman–Crippen MR) is 68.8 cm³/mol. The van der Waals surface area contributed by atoms with E-state index in [0.29, 0.717) is 12.1 Å². The monoisotopic (exact) mass is 268 g/mol. The minimum absolute atomic E-state index is 0.00854. The lowest BCUT2D eigenvalue weighted by molar-refractivity contribution is -0.120. The SMILES string of the molecule is CCC1Cc2cc(S(=O)(=O)NC)ccc2NC1=O. The molecule has 1 heterocycles. The van der Waals surface area contributed by atoms with E-state index in [1.54, 1.807) is 12.1 Å². The number of benzene rings is 1. The van der Waals surface area contributed by atoms with Crippen molar-refractivity contribution >= 4 is 21.6 Å². The second-order valence-electron chi connectivity index (χ2n) is 4.33. The molecule has 6 heteroatoms. The molecule has 2 N–H and O–H groups in total. The molecule has 0 aliphatic carbocycles. The summed E-state index contributed by atoms with van der Waals surface area (Å²) in [4.78, 5) is 11.9. The minimum atomic E-state index is -3.43. The largest absolute Gasteiger partial charge is 0.326 e. The number of anilines is 1. The molecule has 18 heavy (non-hydrogen) atoms. The summed E-state index contributed by atoms with van der Waals surface area (Å²) in [6.07, 6.45) is 1.33. The van der Waals surface area contributed by atoms with Gasteiger partial charge in [0.05, 0.1) is 4.90 Å². The van der Waals surface area contributed by atoms with Crippen molar-refractivity contribution in [2.75, 3.05) is 12.4 Å². The molecule has 1 unspecified atom stereocenters. The molecule has 1 aromatic rings. The highest BCUT2D eigenvalue weighted by molar-refractivity contribution is 7.89. The van der Waals surface area contributed by atoms with Gasteiger partial charge in [-0.2, -0.15) is 0 Å². The molecule has 1 aliphatic heterocycles. The van der Waals surface area contributed by atoms with Crippen molar-refractivity contribution in [3.05, 3.63) is 23.8 Å². The summed E-state index contributed by atoms with van der Waals surface area (Å²) in [6, 6.07) is 4.77. The normalized spacial score (nSPS) is 19.2. The number of carbonyl (C=O) groups excluding carboxylic acids is 1. The van der Waals surface area contributed by atoms with E-state index in [-0.39, 0.29) is 16.7 Å². The van der Waals surface area contributed by atoms with Crippen LogP contribution in [0.2, 0.25) is 0 Å². The molecule has 0 saturated heterocycles. The van der Waals surface area contributed by atoms with Crippen LogP contribution in [-0.4, -0.2) is 21.4 Å². The molecule has 0 aromatic heterocycles. The predicted octanol–water partition coefficient (Wildman–Crippen LogP) is 1.12. The molecule has 1 atom stereocenters. The summed E-state index contributed by atoms with van der Waals surface area (Å²) < 4.78 is 25.7. The van der Waals surface area contributed by atoms with Gasteiger partial charge in [0, 0.05) is 11.6 Å². The number of hydrogen-bond donors (Lipinski definition) is 2. The standard InChI is InChI=1S/C12H16N2O3S/c1-3-8-6-9-7-10(18(16,17)13-2)4-5-11(9)14-12(8)15/h4-5,7-8,13H,3,6H2,1-2H3,(H,14,15). The molecule has 0 spiro atoms. The topological polar surface area (TPSA) is 75.3 Å². The van der Waals surface area contributed by atoms with Gasteiger partial charge in [-0.15, -0.1) is 0 Å². The fraction of sp³-hybridized carbons (Fsp3) is 0.417. The number of amides is 1. The van der Waals surface area contributed by atoms with Crippen molar-refractivity contribution in [1.29, 1.82) is 0 Å². The summed E-state index contributed by atoms with van der Waals surface area (Å²) in [7, 11) is -2.05.